The largest absolute Gasteiger partial charge is 0.392 e. The van der Waals surface area contributed by atoms with Gasteiger partial charge in [0.05, 0.1) is 11.0 Å². The first-order chi connectivity index (χ1) is 9.90. The molecule has 0 aliphatic heterocycles. The standard InChI is InChI=1S/C15H20N2O3S/c1-11(2)8-13(18)10-17-21(19,20)15-5-3-4-12-9-16-7-6-14(12)15/h3-7,9,11,13,17-18H,8,10H2,1-2H3. The van der Waals surface area contributed by atoms with E-state index in [1.165, 1.54) is 0 Å². The molecule has 5 nitrogen and oxygen atoms in total. The van der Waals surface area contributed by atoms with Gasteiger partial charge in [-0.1, -0.05) is 26.0 Å². The molecule has 0 radical (unpaired) electrons. The minimum atomic E-state index is -3.66. The van der Waals surface area contributed by atoms with E-state index in [4.69, 9.17) is 0 Å². The van der Waals surface area contributed by atoms with Gasteiger partial charge in [-0.25, -0.2) is 13.1 Å². The first kappa shape index (κ1) is 15.9. The highest BCUT2D eigenvalue weighted by molar-refractivity contribution is 7.89. The van der Waals surface area contributed by atoms with Crippen molar-refractivity contribution in [3.8, 4) is 0 Å². The molecule has 1 unspecified atom stereocenters. The summed E-state index contributed by atoms with van der Waals surface area (Å²) in [7, 11) is -3.66. The second kappa shape index (κ2) is 6.51. The highest BCUT2D eigenvalue weighted by Crippen LogP contribution is 2.21. The van der Waals surface area contributed by atoms with Crippen LogP contribution in [-0.2, 0) is 10.0 Å². The quantitative estimate of drug-likeness (QED) is 0.854. The van der Waals surface area contributed by atoms with Gasteiger partial charge in [0.2, 0.25) is 10.0 Å². The summed E-state index contributed by atoms with van der Waals surface area (Å²) in [6.45, 7) is 3.98. The van der Waals surface area contributed by atoms with Crippen LogP contribution in [0.4, 0.5) is 0 Å². The monoisotopic (exact) mass is 308 g/mol. The molecule has 0 amide bonds. The van der Waals surface area contributed by atoms with Crippen LogP contribution in [0.5, 0.6) is 0 Å². The van der Waals surface area contributed by atoms with Crippen LogP contribution in [0.3, 0.4) is 0 Å². The molecular weight excluding hydrogens is 288 g/mol. The first-order valence-electron chi connectivity index (χ1n) is 6.90. The zero-order chi connectivity index (χ0) is 15.5. The van der Waals surface area contributed by atoms with Crippen LogP contribution < -0.4 is 4.72 Å². The van der Waals surface area contributed by atoms with Gasteiger partial charge in [0, 0.05) is 29.7 Å². The van der Waals surface area contributed by atoms with Crippen molar-refractivity contribution < 1.29 is 13.5 Å². The van der Waals surface area contributed by atoms with Crippen molar-refractivity contribution in [1.29, 1.82) is 0 Å². The van der Waals surface area contributed by atoms with Crippen molar-refractivity contribution >= 4 is 20.8 Å². The molecule has 1 heterocycles. The predicted octanol–water partition coefficient (Wildman–Crippen LogP) is 1.92. The maximum absolute atomic E-state index is 12.4. The van der Waals surface area contributed by atoms with Gasteiger partial charge in [0.1, 0.15) is 0 Å². The van der Waals surface area contributed by atoms with Crippen LogP contribution in [0.15, 0.2) is 41.6 Å². The Hall–Kier alpha value is -1.50. The van der Waals surface area contributed by atoms with Crippen LogP contribution in [0.25, 0.3) is 10.8 Å². The number of nitrogens with zero attached hydrogens (tertiary/aromatic N) is 1. The number of aromatic nitrogens is 1. The summed E-state index contributed by atoms with van der Waals surface area (Å²) in [4.78, 5) is 4.20. The van der Waals surface area contributed by atoms with E-state index in [2.05, 4.69) is 9.71 Å². The molecule has 0 aliphatic rings. The molecular formula is C15H20N2O3S. The van der Waals surface area contributed by atoms with Crippen molar-refractivity contribution in [1.82, 2.24) is 9.71 Å². The summed E-state index contributed by atoms with van der Waals surface area (Å²) in [6, 6.07) is 6.73. The third-order valence-corrected chi connectivity index (χ3v) is 4.66. The summed E-state index contributed by atoms with van der Waals surface area (Å²) in [5.41, 5.74) is 0. The number of pyridine rings is 1. The van der Waals surface area contributed by atoms with E-state index in [1.807, 2.05) is 19.9 Å². The van der Waals surface area contributed by atoms with Crippen molar-refractivity contribution in [2.75, 3.05) is 6.54 Å². The van der Waals surface area contributed by atoms with Gasteiger partial charge >= 0.3 is 0 Å². The lowest BCUT2D eigenvalue weighted by molar-refractivity contribution is 0.152. The summed E-state index contributed by atoms with van der Waals surface area (Å²) in [5, 5.41) is 11.2. The van der Waals surface area contributed by atoms with E-state index in [1.54, 1.807) is 30.6 Å². The van der Waals surface area contributed by atoms with Gasteiger partial charge in [-0.3, -0.25) is 4.98 Å². The lowest BCUT2D eigenvalue weighted by Crippen LogP contribution is -2.32. The average molecular weight is 308 g/mol. The zero-order valence-electron chi connectivity index (χ0n) is 12.2. The zero-order valence-corrected chi connectivity index (χ0v) is 13.0. The van der Waals surface area contributed by atoms with Gasteiger partial charge in [-0.2, -0.15) is 0 Å². The SMILES string of the molecule is CC(C)CC(O)CNS(=O)(=O)c1cccc2cnccc12. The molecule has 6 heteroatoms. The maximum atomic E-state index is 12.4. The summed E-state index contributed by atoms with van der Waals surface area (Å²) in [5.74, 6) is 0.313. The summed E-state index contributed by atoms with van der Waals surface area (Å²) in [6.07, 6.45) is 3.07. The van der Waals surface area contributed by atoms with Crippen LogP contribution >= 0.6 is 0 Å². The summed E-state index contributed by atoms with van der Waals surface area (Å²) < 4.78 is 27.3. The average Bonchev–Trinajstić information content (AvgIpc) is 2.44. The number of rotatable bonds is 6. The molecule has 0 saturated carbocycles. The molecule has 2 aromatic rings. The Labute approximate surface area is 125 Å². The third kappa shape index (κ3) is 4.00. The Kier molecular flexibility index (Phi) is 4.92. The number of nitrogens with one attached hydrogen (secondary N) is 1. The Morgan fingerprint density at radius 2 is 2.05 bits per heavy atom. The molecule has 0 fully saturated rings. The van der Waals surface area contributed by atoms with Crippen LogP contribution in [0.1, 0.15) is 20.3 Å². The smallest absolute Gasteiger partial charge is 0.241 e. The van der Waals surface area contributed by atoms with E-state index in [9.17, 15) is 13.5 Å². The fraction of sp³-hybridized carbons (Fsp3) is 0.400. The number of benzene rings is 1. The minimum Gasteiger partial charge on any atom is -0.392 e. The Bertz CT molecular complexity index is 708. The molecule has 2 rings (SSSR count). The summed E-state index contributed by atoms with van der Waals surface area (Å²) >= 11 is 0. The number of fused-ring (bicyclic) bond motifs is 1. The molecule has 0 saturated heterocycles. The molecule has 114 valence electrons. The second-order valence-corrected chi connectivity index (χ2v) is 7.22. The molecule has 1 aromatic carbocycles. The Balaban J connectivity index is 2.22. The molecule has 1 atom stereocenters. The van der Waals surface area contributed by atoms with Crippen LogP contribution in [0.2, 0.25) is 0 Å². The molecule has 21 heavy (non-hydrogen) atoms. The van der Waals surface area contributed by atoms with Gasteiger partial charge < -0.3 is 5.11 Å². The van der Waals surface area contributed by atoms with Crippen molar-refractivity contribution in [2.45, 2.75) is 31.3 Å². The van der Waals surface area contributed by atoms with E-state index >= 15 is 0 Å². The number of aliphatic hydroxyl groups is 1. The number of hydrogen-bond donors (Lipinski definition) is 2. The second-order valence-electron chi connectivity index (χ2n) is 5.49. The van der Waals surface area contributed by atoms with Crippen LogP contribution in [0, 0.1) is 5.92 Å². The van der Waals surface area contributed by atoms with Gasteiger partial charge in [-0.15, -0.1) is 0 Å². The fourth-order valence-corrected chi connectivity index (χ4v) is 3.54. The molecule has 0 aliphatic carbocycles. The Morgan fingerprint density at radius 3 is 2.76 bits per heavy atom. The topological polar surface area (TPSA) is 79.3 Å². The lowest BCUT2D eigenvalue weighted by Gasteiger charge is -2.14. The van der Waals surface area contributed by atoms with Crippen molar-refractivity contribution in [3.63, 3.8) is 0 Å². The van der Waals surface area contributed by atoms with Gasteiger partial charge in [0.25, 0.3) is 0 Å². The van der Waals surface area contributed by atoms with Gasteiger partial charge in [-0.05, 0) is 24.5 Å². The van der Waals surface area contributed by atoms with E-state index in [-0.39, 0.29) is 11.4 Å². The first-order valence-corrected chi connectivity index (χ1v) is 8.39. The van der Waals surface area contributed by atoms with E-state index in [0.29, 0.717) is 17.7 Å². The number of sulfonamides is 1. The van der Waals surface area contributed by atoms with Crippen molar-refractivity contribution in [3.05, 3.63) is 36.7 Å². The van der Waals surface area contributed by atoms with Gasteiger partial charge in [0.15, 0.2) is 0 Å². The normalized spacial score (nSPS) is 13.7. The third-order valence-electron chi connectivity index (χ3n) is 3.18. The minimum absolute atomic E-state index is 0.0159. The molecule has 1 aromatic heterocycles. The molecule has 0 bridgehead atoms. The Morgan fingerprint density at radius 1 is 1.29 bits per heavy atom. The van der Waals surface area contributed by atoms with Crippen molar-refractivity contribution in [2.24, 2.45) is 5.92 Å². The highest BCUT2D eigenvalue weighted by Gasteiger charge is 2.18. The predicted molar refractivity (Wildman–Crippen MR) is 82.4 cm³/mol. The molecule has 0 spiro atoms. The number of hydrogen-bond acceptors (Lipinski definition) is 4. The number of aliphatic hydroxyl groups excluding tert-OH is 1. The fourth-order valence-electron chi connectivity index (χ4n) is 2.24. The van der Waals surface area contributed by atoms with Crippen LogP contribution in [-0.4, -0.2) is 31.2 Å². The van der Waals surface area contributed by atoms with E-state index < -0.39 is 16.1 Å². The van der Waals surface area contributed by atoms with E-state index in [0.717, 1.165) is 5.39 Å². The molecule has 2 N–H and O–H groups in total. The lowest BCUT2D eigenvalue weighted by atomic mass is 10.1. The highest BCUT2D eigenvalue weighted by atomic mass is 32.2. The maximum Gasteiger partial charge on any atom is 0.241 e.